The molecular formula is C23H35F3N2O3. The fourth-order valence-electron chi connectivity index (χ4n) is 4.02. The molecule has 8 heteroatoms. The van der Waals surface area contributed by atoms with Gasteiger partial charge >= 0.3 is 12.1 Å². The smallest absolute Gasteiger partial charge is 0.389 e. The highest BCUT2D eigenvalue weighted by molar-refractivity contribution is 5.80. The topological polar surface area (TPSA) is 73.6 Å². The number of carbonyl (C=O) groups excluding carboxylic acids is 1. The van der Waals surface area contributed by atoms with Gasteiger partial charge in [-0.05, 0) is 62.6 Å². The van der Waals surface area contributed by atoms with E-state index in [1.807, 2.05) is 0 Å². The van der Waals surface area contributed by atoms with Crippen LogP contribution in [0.1, 0.15) is 70.8 Å². The number of alkyl halides is 3. The number of ether oxygens (including phenoxy) is 2. The maximum Gasteiger partial charge on any atom is 0.389 e. The second-order valence-electron chi connectivity index (χ2n) is 8.65. The Morgan fingerprint density at radius 3 is 2.71 bits per heavy atom. The van der Waals surface area contributed by atoms with Crippen molar-refractivity contribution in [1.82, 2.24) is 0 Å². The van der Waals surface area contributed by atoms with Gasteiger partial charge in [-0.1, -0.05) is 19.9 Å². The van der Waals surface area contributed by atoms with E-state index in [4.69, 9.17) is 15.2 Å². The lowest BCUT2D eigenvalue weighted by molar-refractivity contribution is -0.147. The van der Waals surface area contributed by atoms with Crippen LogP contribution in [0.25, 0.3) is 0 Å². The van der Waals surface area contributed by atoms with Crippen LogP contribution >= 0.6 is 0 Å². The molecule has 0 bridgehead atoms. The minimum absolute atomic E-state index is 0.0569. The molecule has 1 aliphatic rings. The monoisotopic (exact) mass is 444 g/mol. The molecule has 0 radical (unpaired) electrons. The summed E-state index contributed by atoms with van der Waals surface area (Å²) in [6.45, 7) is 6.88. The van der Waals surface area contributed by atoms with Gasteiger partial charge in [-0.25, -0.2) is 0 Å². The Balaban J connectivity index is 2.07. The molecule has 1 fully saturated rings. The molecule has 1 aromatic carbocycles. The number of hydrogen-bond donors (Lipinski definition) is 2. The number of halogens is 3. The molecular weight excluding hydrogens is 409 g/mol. The van der Waals surface area contributed by atoms with E-state index >= 15 is 0 Å². The van der Waals surface area contributed by atoms with Gasteiger partial charge in [-0.15, -0.1) is 0 Å². The highest BCUT2D eigenvalue weighted by atomic mass is 19.4. The molecule has 1 aliphatic heterocycles. The summed E-state index contributed by atoms with van der Waals surface area (Å²) in [6, 6.07) is 5.45. The zero-order valence-corrected chi connectivity index (χ0v) is 18.6. The van der Waals surface area contributed by atoms with E-state index in [0.29, 0.717) is 23.8 Å². The van der Waals surface area contributed by atoms with Crippen molar-refractivity contribution in [1.29, 1.82) is 0 Å². The molecule has 1 heterocycles. The van der Waals surface area contributed by atoms with Gasteiger partial charge in [0.1, 0.15) is 0 Å². The van der Waals surface area contributed by atoms with E-state index < -0.39 is 24.5 Å². The van der Waals surface area contributed by atoms with Crippen molar-refractivity contribution in [3.63, 3.8) is 0 Å². The van der Waals surface area contributed by atoms with E-state index in [1.54, 1.807) is 25.1 Å². The minimum Gasteiger partial charge on any atom is -0.466 e. The lowest BCUT2D eigenvalue weighted by Crippen LogP contribution is -2.34. The van der Waals surface area contributed by atoms with Crippen molar-refractivity contribution in [2.24, 2.45) is 5.92 Å². The molecule has 1 saturated heterocycles. The standard InChI is InChI=1S/C23H35F3N2O3/c1-4-30-22(29)19(6-5-10-23(24,25)26)16-7-8-21(20(27)13-16)28-17-9-11-31-18(14-17)12-15(2)3/h7-8,13,15,17-19,28H,4-6,9-12,14,27H2,1-3H3. The molecule has 3 N–H and O–H groups in total. The number of esters is 1. The fourth-order valence-corrected chi connectivity index (χ4v) is 4.02. The van der Waals surface area contributed by atoms with Crippen molar-refractivity contribution in [2.75, 3.05) is 24.3 Å². The molecule has 176 valence electrons. The van der Waals surface area contributed by atoms with Gasteiger partial charge in [0.2, 0.25) is 0 Å². The zero-order valence-electron chi connectivity index (χ0n) is 18.6. The summed E-state index contributed by atoms with van der Waals surface area (Å²) in [7, 11) is 0. The molecule has 0 saturated carbocycles. The second-order valence-corrected chi connectivity index (χ2v) is 8.65. The first-order valence-electron chi connectivity index (χ1n) is 11.1. The second kappa shape index (κ2) is 11.6. The van der Waals surface area contributed by atoms with Gasteiger partial charge in [0, 0.05) is 19.1 Å². The van der Waals surface area contributed by atoms with Crippen LogP contribution in [0.15, 0.2) is 18.2 Å². The summed E-state index contributed by atoms with van der Waals surface area (Å²) >= 11 is 0. The maximum absolute atomic E-state index is 12.5. The van der Waals surface area contributed by atoms with Crippen molar-refractivity contribution < 1.29 is 27.4 Å². The van der Waals surface area contributed by atoms with Gasteiger partial charge in [0.05, 0.1) is 30.0 Å². The van der Waals surface area contributed by atoms with Crippen LogP contribution in [0.2, 0.25) is 0 Å². The SMILES string of the molecule is CCOC(=O)C(CCCC(F)(F)F)c1ccc(NC2CCOC(CC(C)C)C2)c(N)c1. The number of anilines is 2. The molecule has 5 nitrogen and oxygen atoms in total. The largest absolute Gasteiger partial charge is 0.466 e. The summed E-state index contributed by atoms with van der Waals surface area (Å²) in [5, 5.41) is 3.47. The molecule has 1 aromatic rings. The van der Waals surface area contributed by atoms with Gasteiger partial charge in [-0.3, -0.25) is 4.79 Å². The van der Waals surface area contributed by atoms with Crippen molar-refractivity contribution in [3.05, 3.63) is 23.8 Å². The number of carbonyl (C=O) groups is 1. The molecule has 3 unspecified atom stereocenters. The van der Waals surface area contributed by atoms with E-state index in [2.05, 4.69) is 19.2 Å². The fraction of sp³-hybridized carbons (Fsp3) is 0.696. The number of nitrogens with two attached hydrogens (primary N) is 1. The van der Waals surface area contributed by atoms with Gasteiger partial charge < -0.3 is 20.5 Å². The van der Waals surface area contributed by atoms with Crippen LogP contribution in [0, 0.1) is 5.92 Å². The van der Waals surface area contributed by atoms with Gasteiger partial charge in [0.25, 0.3) is 0 Å². The normalized spacial score (nSPS) is 20.5. The molecule has 0 aromatic heterocycles. The quantitative estimate of drug-likeness (QED) is 0.360. The number of nitrogens with one attached hydrogen (secondary N) is 1. The summed E-state index contributed by atoms with van der Waals surface area (Å²) in [5.74, 6) is -0.729. The number of rotatable bonds is 10. The number of hydrogen-bond acceptors (Lipinski definition) is 5. The van der Waals surface area contributed by atoms with Crippen LogP contribution in [-0.2, 0) is 14.3 Å². The Morgan fingerprint density at radius 2 is 2.10 bits per heavy atom. The van der Waals surface area contributed by atoms with E-state index in [0.717, 1.165) is 24.9 Å². The molecule has 0 amide bonds. The number of nitrogen functional groups attached to an aromatic ring is 1. The Labute approximate surface area is 182 Å². The van der Waals surface area contributed by atoms with Crippen LogP contribution < -0.4 is 11.1 Å². The van der Waals surface area contributed by atoms with E-state index in [-0.39, 0.29) is 31.6 Å². The first kappa shape index (κ1) is 25.3. The predicted octanol–water partition coefficient (Wildman–Crippen LogP) is 5.65. The van der Waals surface area contributed by atoms with Crippen molar-refractivity contribution in [2.45, 2.75) is 83.5 Å². The Bertz CT molecular complexity index is 710. The Morgan fingerprint density at radius 1 is 1.35 bits per heavy atom. The lowest BCUT2D eigenvalue weighted by atomic mass is 9.92. The molecule has 3 atom stereocenters. The molecule has 2 rings (SSSR count). The summed E-state index contributed by atoms with van der Waals surface area (Å²) in [6.07, 6.45) is -2.28. The van der Waals surface area contributed by atoms with Crippen LogP contribution in [0.5, 0.6) is 0 Å². The first-order valence-corrected chi connectivity index (χ1v) is 11.1. The highest BCUT2D eigenvalue weighted by Crippen LogP contribution is 2.32. The van der Waals surface area contributed by atoms with Crippen molar-refractivity contribution in [3.8, 4) is 0 Å². The molecule has 0 spiro atoms. The van der Waals surface area contributed by atoms with Gasteiger partial charge in [0.15, 0.2) is 0 Å². The van der Waals surface area contributed by atoms with Crippen molar-refractivity contribution >= 4 is 17.3 Å². The third kappa shape index (κ3) is 8.59. The minimum atomic E-state index is -4.25. The first-order chi connectivity index (χ1) is 14.6. The van der Waals surface area contributed by atoms with Crippen LogP contribution in [0.4, 0.5) is 24.5 Å². The van der Waals surface area contributed by atoms with E-state index in [9.17, 15) is 18.0 Å². The Kier molecular flexibility index (Phi) is 9.47. The third-order valence-corrected chi connectivity index (χ3v) is 5.46. The van der Waals surface area contributed by atoms with E-state index in [1.165, 1.54) is 0 Å². The summed E-state index contributed by atoms with van der Waals surface area (Å²) in [4.78, 5) is 12.4. The zero-order chi connectivity index (χ0) is 23.0. The maximum atomic E-state index is 12.5. The predicted molar refractivity (Wildman–Crippen MR) is 116 cm³/mol. The van der Waals surface area contributed by atoms with Crippen LogP contribution in [0.3, 0.4) is 0 Å². The van der Waals surface area contributed by atoms with Crippen LogP contribution in [-0.4, -0.2) is 37.5 Å². The highest BCUT2D eigenvalue weighted by Gasteiger charge is 2.29. The lowest BCUT2D eigenvalue weighted by Gasteiger charge is -2.32. The Hall–Kier alpha value is -1.96. The average Bonchev–Trinajstić information content (AvgIpc) is 2.66. The molecule has 31 heavy (non-hydrogen) atoms. The van der Waals surface area contributed by atoms with Gasteiger partial charge in [-0.2, -0.15) is 13.2 Å². The molecule has 0 aliphatic carbocycles. The number of benzene rings is 1. The summed E-state index contributed by atoms with van der Waals surface area (Å²) in [5.41, 5.74) is 8.04. The summed E-state index contributed by atoms with van der Waals surface area (Å²) < 4.78 is 48.6. The average molecular weight is 445 g/mol. The third-order valence-electron chi connectivity index (χ3n) is 5.46.